The van der Waals surface area contributed by atoms with Gasteiger partial charge in [0.2, 0.25) is 0 Å². The summed E-state index contributed by atoms with van der Waals surface area (Å²) in [7, 11) is 0. The highest BCUT2D eigenvalue weighted by Gasteiger charge is 2.52. The third-order valence-corrected chi connectivity index (χ3v) is 9.33. The molecule has 4 aliphatic carbocycles. The number of hydrogen-bond donors (Lipinski definition) is 0. The zero-order valence-electron chi connectivity index (χ0n) is 18.5. The second-order valence-corrected chi connectivity index (χ2v) is 10.8. The maximum Gasteiger partial charge on any atom is 0.0689 e. The molecule has 0 aromatic carbocycles. The molecule has 154 valence electrons. The average Bonchev–Trinajstić information content (AvgIpc) is 2.73. The molecule has 0 aromatic heterocycles. The summed E-state index contributed by atoms with van der Waals surface area (Å²) < 4.78 is 0. The summed E-state index contributed by atoms with van der Waals surface area (Å²) in [6, 6.07) is 2.79. The first-order valence-corrected chi connectivity index (χ1v) is 12.5. The Bertz CT molecular complexity index is 466. The summed E-state index contributed by atoms with van der Waals surface area (Å²) in [5, 5.41) is 9.91. The van der Waals surface area contributed by atoms with Gasteiger partial charge >= 0.3 is 0 Å². The van der Waals surface area contributed by atoms with Crippen molar-refractivity contribution in [1.29, 1.82) is 5.26 Å². The third kappa shape index (κ3) is 4.74. The minimum absolute atomic E-state index is 0.0358. The van der Waals surface area contributed by atoms with E-state index >= 15 is 0 Å². The maximum absolute atomic E-state index is 9.91. The molecule has 4 aliphatic rings. The van der Waals surface area contributed by atoms with Crippen LogP contribution in [-0.4, -0.2) is 0 Å². The van der Waals surface area contributed by atoms with Crippen molar-refractivity contribution in [3.05, 3.63) is 0 Å². The first-order chi connectivity index (χ1) is 13.1. The van der Waals surface area contributed by atoms with E-state index in [2.05, 4.69) is 19.9 Å². The van der Waals surface area contributed by atoms with E-state index < -0.39 is 0 Å². The molecular formula is C26H45N. The molecule has 0 amide bonds. The highest BCUT2D eigenvalue weighted by atomic mass is 14.6. The molecule has 0 aliphatic heterocycles. The van der Waals surface area contributed by atoms with Gasteiger partial charge < -0.3 is 0 Å². The molecule has 1 heteroatoms. The summed E-state index contributed by atoms with van der Waals surface area (Å²) >= 11 is 0. The summed E-state index contributed by atoms with van der Waals surface area (Å²) in [4.78, 5) is 0. The lowest BCUT2D eigenvalue weighted by atomic mass is 9.47. The van der Waals surface area contributed by atoms with Gasteiger partial charge in [-0.3, -0.25) is 0 Å². The van der Waals surface area contributed by atoms with Gasteiger partial charge in [-0.1, -0.05) is 58.8 Å². The Morgan fingerprint density at radius 2 is 1.26 bits per heavy atom. The molecular weight excluding hydrogens is 326 g/mol. The van der Waals surface area contributed by atoms with Crippen molar-refractivity contribution in [2.24, 2.45) is 22.2 Å². The number of hydrogen-bond acceptors (Lipinski definition) is 1. The minimum Gasteiger partial charge on any atom is -0.198 e. The molecule has 27 heavy (non-hydrogen) atoms. The van der Waals surface area contributed by atoms with Crippen LogP contribution in [0.1, 0.15) is 136 Å². The molecule has 2 bridgehead atoms. The molecule has 1 nitrogen and oxygen atoms in total. The number of nitrogens with zero attached hydrogens (tertiary/aromatic N) is 1. The van der Waals surface area contributed by atoms with Gasteiger partial charge in [0.05, 0.1) is 11.5 Å². The van der Waals surface area contributed by atoms with Crippen LogP contribution in [0.2, 0.25) is 0 Å². The van der Waals surface area contributed by atoms with Gasteiger partial charge in [-0.25, -0.2) is 0 Å². The topological polar surface area (TPSA) is 23.8 Å². The van der Waals surface area contributed by atoms with Crippen LogP contribution in [0.15, 0.2) is 0 Å². The van der Waals surface area contributed by atoms with E-state index in [1.165, 1.54) is 122 Å². The smallest absolute Gasteiger partial charge is 0.0689 e. The van der Waals surface area contributed by atoms with Gasteiger partial charge in [0.25, 0.3) is 0 Å². The summed E-state index contributed by atoms with van der Waals surface area (Å²) in [6.45, 7) is 4.61. The largest absolute Gasteiger partial charge is 0.198 e. The van der Waals surface area contributed by atoms with Crippen LogP contribution in [0, 0.1) is 33.5 Å². The number of unbranched alkanes of at least 4 members (excludes halogenated alkanes) is 5. The van der Waals surface area contributed by atoms with Crippen LogP contribution in [0.3, 0.4) is 0 Å². The Kier molecular flexibility index (Phi) is 7.32. The zero-order valence-corrected chi connectivity index (χ0v) is 18.5. The van der Waals surface area contributed by atoms with Crippen molar-refractivity contribution < 1.29 is 0 Å². The van der Waals surface area contributed by atoms with Gasteiger partial charge in [-0.05, 0) is 93.8 Å². The number of fused-ring (bicyclic) bond motifs is 3. The van der Waals surface area contributed by atoms with Gasteiger partial charge in [0, 0.05) is 0 Å². The monoisotopic (exact) mass is 371 g/mol. The molecule has 0 aromatic rings. The molecule has 0 saturated heterocycles. The van der Waals surface area contributed by atoms with Crippen molar-refractivity contribution >= 4 is 0 Å². The van der Waals surface area contributed by atoms with E-state index in [1.807, 2.05) is 0 Å². The van der Waals surface area contributed by atoms with Crippen molar-refractivity contribution in [2.45, 2.75) is 136 Å². The van der Waals surface area contributed by atoms with Gasteiger partial charge in [-0.2, -0.15) is 5.26 Å². The molecule has 0 heterocycles. The Labute approximate surface area is 169 Å². The fourth-order valence-corrected chi connectivity index (χ4v) is 7.12. The lowest BCUT2D eigenvalue weighted by molar-refractivity contribution is -0.0690. The molecule has 0 unspecified atom stereocenters. The van der Waals surface area contributed by atoms with Gasteiger partial charge in [0.15, 0.2) is 0 Å². The highest BCUT2D eigenvalue weighted by molar-refractivity contribution is 5.07. The molecule has 4 saturated carbocycles. The maximum atomic E-state index is 9.91. The molecule has 0 radical (unpaired) electrons. The van der Waals surface area contributed by atoms with Crippen molar-refractivity contribution in [3.8, 4) is 6.07 Å². The fraction of sp³-hybridized carbons (Fsp3) is 0.962. The fourth-order valence-electron chi connectivity index (χ4n) is 7.12. The van der Waals surface area contributed by atoms with Crippen molar-refractivity contribution in [3.63, 3.8) is 0 Å². The first-order valence-electron chi connectivity index (χ1n) is 12.5. The quantitative estimate of drug-likeness (QED) is 0.353. The Hall–Kier alpha value is -0.510. The van der Waals surface area contributed by atoms with Gasteiger partial charge in [0.1, 0.15) is 0 Å². The Morgan fingerprint density at radius 1 is 0.704 bits per heavy atom. The van der Waals surface area contributed by atoms with E-state index in [0.717, 1.165) is 11.3 Å². The molecule has 4 fully saturated rings. The third-order valence-electron chi connectivity index (χ3n) is 9.33. The van der Waals surface area contributed by atoms with Crippen LogP contribution < -0.4 is 0 Å². The molecule has 0 spiro atoms. The molecule has 4 rings (SSSR count). The van der Waals surface area contributed by atoms with Crippen LogP contribution in [0.4, 0.5) is 0 Å². The van der Waals surface area contributed by atoms with Crippen LogP contribution in [0.5, 0.6) is 0 Å². The van der Waals surface area contributed by atoms with Crippen molar-refractivity contribution in [1.82, 2.24) is 0 Å². The van der Waals surface area contributed by atoms with Crippen LogP contribution in [-0.2, 0) is 0 Å². The Balaban J connectivity index is 1.50. The molecule has 0 N–H and O–H groups in total. The number of rotatable bonds is 10. The van der Waals surface area contributed by atoms with Crippen molar-refractivity contribution in [2.75, 3.05) is 0 Å². The standard InChI is InChI=1S/C26H45N/c1-3-5-7-9-13-25(22-27)14-10-23(11-15-25)26-19-16-24(17-20-26,18-21-26)12-8-6-4-2/h23H,3-21H2,1-2H3/t23-,24?,25-,26?. The summed E-state index contributed by atoms with van der Waals surface area (Å²) in [6.07, 6.45) is 26.4. The summed E-state index contributed by atoms with van der Waals surface area (Å²) in [5.41, 5.74) is 1.45. The molecule has 0 atom stereocenters. The van der Waals surface area contributed by atoms with E-state index in [1.54, 1.807) is 0 Å². The van der Waals surface area contributed by atoms with E-state index in [4.69, 9.17) is 0 Å². The van der Waals surface area contributed by atoms with Crippen LogP contribution in [0.25, 0.3) is 0 Å². The second kappa shape index (κ2) is 9.33. The van der Waals surface area contributed by atoms with E-state index in [-0.39, 0.29) is 5.41 Å². The normalized spacial score (nSPS) is 38.6. The van der Waals surface area contributed by atoms with E-state index in [0.29, 0.717) is 5.41 Å². The second-order valence-electron chi connectivity index (χ2n) is 10.8. The SMILES string of the molecule is CCCCCC[C@]1(C#N)CC[C@H](C23CCC(CCCCC)(CC2)CC3)CC1. The highest BCUT2D eigenvalue weighted by Crippen LogP contribution is 2.64. The lowest BCUT2D eigenvalue weighted by Crippen LogP contribution is -2.47. The van der Waals surface area contributed by atoms with Gasteiger partial charge in [-0.15, -0.1) is 0 Å². The predicted octanol–water partition coefficient (Wildman–Crippen LogP) is 8.58. The predicted molar refractivity (Wildman–Crippen MR) is 115 cm³/mol. The first kappa shape index (κ1) is 21.2. The average molecular weight is 372 g/mol. The lowest BCUT2D eigenvalue weighted by Gasteiger charge is -2.58. The Morgan fingerprint density at radius 3 is 1.81 bits per heavy atom. The minimum atomic E-state index is 0.0358. The number of nitriles is 1. The zero-order chi connectivity index (χ0) is 19.2. The van der Waals surface area contributed by atoms with Crippen LogP contribution >= 0.6 is 0 Å². The van der Waals surface area contributed by atoms with E-state index in [9.17, 15) is 5.26 Å². The summed E-state index contributed by atoms with van der Waals surface area (Å²) in [5.74, 6) is 0.934.